The predicted molar refractivity (Wildman–Crippen MR) is 107 cm³/mol. The molecule has 1 aliphatic carbocycles. The van der Waals surface area contributed by atoms with Crippen LogP contribution in [0, 0.1) is 5.82 Å². The highest BCUT2D eigenvalue weighted by atomic mass is 35.5. The van der Waals surface area contributed by atoms with Crippen molar-refractivity contribution in [2.75, 3.05) is 19.4 Å². The number of carbonyl (C=O) groups excluding carboxylic acids is 1. The summed E-state index contributed by atoms with van der Waals surface area (Å²) in [6.07, 6.45) is 4.44. The zero-order chi connectivity index (χ0) is 19.1. The first-order chi connectivity index (χ1) is 12.9. The largest absolute Gasteiger partial charge is 0.383 e. The van der Waals surface area contributed by atoms with Gasteiger partial charge in [0.05, 0.1) is 16.0 Å². The van der Waals surface area contributed by atoms with Crippen LogP contribution in [0.25, 0.3) is 15.8 Å². The number of aromatic nitrogens is 2. The van der Waals surface area contributed by atoms with Crippen molar-refractivity contribution in [2.45, 2.75) is 12.8 Å². The molecule has 0 atom stereocenters. The van der Waals surface area contributed by atoms with Gasteiger partial charge < -0.3 is 10.2 Å². The molecule has 0 saturated heterocycles. The number of Topliss-reactive ketones (excluding diaryl/α,β-unsaturated/α-hetero) is 1. The van der Waals surface area contributed by atoms with Gasteiger partial charge in [0.1, 0.15) is 22.8 Å². The second-order valence-electron chi connectivity index (χ2n) is 6.50. The van der Waals surface area contributed by atoms with Crippen LogP contribution >= 0.6 is 22.9 Å². The minimum atomic E-state index is -0.472. The molecule has 0 spiro atoms. The van der Waals surface area contributed by atoms with Gasteiger partial charge in [0.15, 0.2) is 5.78 Å². The fourth-order valence-electron chi connectivity index (χ4n) is 3.14. The molecule has 1 aliphatic rings. The fraction of sp³-hybridized carbons (Fsp3) is 0.211. The van der Waals surface area contributed by atoms with E-state index in [4.69, 9.17) is 11.6 Å². The number of benzene rings is 1. The van der Waals surface area contributed by atoms with Gasteiger partial charge in [0.25, 0.3) is 0 Å². The zero-order valence-corrected chi connectivity index (χ0v) is 16.3. The van der Waals surface area contributed by atoms with Crippen molar-refractivity contribution in [3.8, 4) is 0 Å². The molecule has 0 saturated carbocycles. The average molecular weight is 403 g/mol. The van der Waals surface area contributed by atoms with E-state index in [0.29, 0.717) is 29.9 Å². The number of aryl methyl sites for hydroxylation is 1. The van der Waals surface area contributed by atoms with E-state index >= 15 is 0 Å². The number of hydrogen-bond acceptors (Lipinski definition) is 6. The van der Waals surface area contributed by atoms with E-state index < -0.39 is 5.82 Å². The molecule has 4 rings (SSSR count). The number of nitrogens with zero attached hydrogens (tertiary/aromatic N) is 3. The molecule has 8 heteroatoms. The number of fused-ring (bicyclic) bond motifs is 3. The van der Waals surface area contributed by atoms with Gasteiger partial charge in [-0.05, 0) is 30.2 Å². The number of allylic oxidation sites excluding steroid dienone is 1. The van der Waals surface area contributed by atoms with Gasteiger partial charge in [0.2, 0.25) is 0 Å². The smallest absolute Gasteiger partial charge is 0.166 e. The highest BCUT2D eigenvalue weighted by Crippen LogP contribution is 2.42. The summed E-state index contributed by atoms with van der Waals surface area (Å²) in [4.78, 5) is 24.8. The highest BCUT2D eigenvalue weighted by molar-refractivity contribution is 7.20. The van der Waals surface area contributed by atoms with Crippen molar-refractivity contribution < 1.29 is 9.18 Å². The van der Waals surface area contributed by atoms with Crippen molar-refractivity contribution in [1.29, 1.82) is 0 Å². The van der Waals surface area contributed by atoms with Gasteiger partial charge in [-0.2, -0.15) is 0 Å². The zero-order valence-electron chi connectivity index (χ0n) is 14.7. The topological polar surface area (TPSA) is 58.1 Å². The summed E-state index contributed by atoms with van der Waals surface area (Å²) >= 11 is 7.37. The summed E-state index contributed by atoms with van der Waals surface area (Å²) in [5.41, 5.74) is 2.41. The molecule has 0 unspecified atom stereocenters. The summed E-state index contributed by atoms with van der Waals surface area (Å²) in [5.74, 6) is 0.286. The van der Waals surface area contributed by atoms with Gasteiger partial charge in [0, 0.05) is 37.3 Å². The second-order valence-corrected chi connectivity index (χ2v) is 7.90. The minimum Gasteiger partial charge on any atom is -0.383 e. The Labute approximate surface area is 164 Å². The van der Waals surface area contributed by atoms with E-state index in [-0.39, 0.29) is 10.8 Å². The maximum Gasteiger partial charge on any atom is 0.166 e. The normalized spacial score (nSPS) is 15.3. The Morgan fingerprint density at radius 1 is 1.30 bits per heavy atom. The number of ketones is 1. The predicted octanol–water partition coefficient (Wildman–Crippen LogP) is 4.65. The van der Waals surface area contributed by atoms with Gasteiger partial charge in [-0.3, -0.25) is 4.79 Å². The van der Waals surface area contributed by atoms with E-state index in [2.05, 4.69) is 15.3 Å². The molecule has 0 aliphatic heterocycles. The molecule has 2 heterocycles. The van der Waals surface area contributed by atoms with Crippen molar-refractivity contribution in [3.05, 3.63) is 52.0 Å². The molecule has 0 amide bonds. The lowest BCUT2D eigenvalue weighted by molar-refractivity contribution is -0.113. The van der Waals surface area contributed by atoms with Crippen molar-refractivity contribution in [1.82, 2.24) is 14.9 Å². The van der Waals surface area contributed by atoms with Crippen LogP contribution < -0.4 is 5.32 Å². The molecule has 0 bridgehead atoms. The SMILES string of the molecule is CN(C)C=C1C(=O)CCc2c1sc1ncnc(Nc3ccc(F)c(Cl)c3)c21. The third-order valence-corrected chi connectivity index (χ3v) is 5.77. The number of hydrogen-bond donors (Lipinski definition) is 1. The first-order valence-electron chi connectivity index (χ1n) is 8.34. The molecule has 27 heavy (non-hydrogen) atoms. The fourth-order valence-corrected chi connectivity index (χ4v) is 4.54. The molecule has 0 radical (unpaired) electrons. The standard InChI is InChI=1S/C19H16ClFN4OS/c1-25(2)8-12-15(26)6-4-11-16-18(22-9-23-19(16)27-17(11)12)24-10-3-5-14(21)13(20)7-10/h3,5,7-9H,4,6H2,1-2H3,(H,22,23,24). The van der Waals surface area contributed by atoms with Gasteiger partial charge in [-0.1, -0.05) is 11.6 Å². The Balaban J connectivity index is 1.84. The van der Waals surface area contributed by atoms with E-state index in [0.717, 1.165) is 20.7 Å². The molecule has 1 N–H and O–H groups in total. The third-order valence-electron chi connectivity index (χ3n) is 4.30. The van der Waals surface area contributed by atoms with Crippen LogP contribution in [0.2, 0.25) is 5.02 Å². The molecular weight excluding hydrogens is 387 g/mol. The molecular formula is C19H16ClFN4OS. The monoisotopic (exact) mass is 402 g/mol. The summed E-state index contributed by atoms with van der Waals surface area (Å²) in [5, 5.41) is 4.15. The lowest BCUT2D eigenvalue weighted by Crippen LogP contribution is -2.14. The Kier molecular flexibility index (Phi) is 4.57. The maximum atomic E-state index is 13.4. The Bertz CT molecular complexity index is 1090. The summed E-state index contributed by atoms with van der Waals surface area (Å²) in [6, 6.07) is 4.43. The van der Waals surface area contributed by atoms with Gasteiger partial charge in [-0.25, -0.2) is 14.4 Å². The van der Waals surface area contributed by atoms with E-state index in [9.17, 15) is 9.18 Å². The van der Waals surface area contributed by atoms with E-state index in [1.807, 2.05) is 25.2 Å². The highest BCUT2D eigenvalue weighted by Gasteiger charge is 2.28. The van der Waals surface area contributed by atoms with Crippen molar-refractivity contribution in [3.63, 3.8) is 0 Å². The summed E-state index contributed by atoms with van der Waals surface area (Å²) in [7, 11) is 3.79. The molecule has 1 aromatic carbocycles. The van der Waals surface area contributed by atoms with Crippen LogP contribution in [-0.2, 0) is 11.2 Å². The van der Waals surface area contributed by atoms with Gasteiger partial charge in [-0.15, -0.1) is 11.3 Å². The summed E-state index contributed by atoms with van der Waals surface area (Å²) in [6.45, 7) is 0. The Hall–Kier alpha value is -2.51. The molecule has 138 valence electrons. The number of thiophene rings is 1. The average Bonchev–Trinajstić information content (AvgIpc) is 3.00. The first-order valence-corrected chi connectivity index (χ1v) is 9.53. The molecule has 5 nitrogen and oxygen atoms in total. The third kappa shape index (κ3) is 3.28. The molecule has 0 fully saturated rings. The lowest BCUT2D eigenvalue weighted by Gasteiger charge is -2.17. The Morgan fingerprint density at radius 2 is 2.11 bits per heavy atom. The summed E-state index contributed by atoms with van der Waals surface area (Å²) < 4.78 is 13.4. The number of anilines is 2. The Morgan fingerprint density at radius 3 is 2.85 bits per heavy atom. The van der Waals surface area contributed by atoms with Crippen LogP contribution in [0.15, 0.2) is 30.7 Å². The number of nitrogens with one attached hydrogen (secondary N) is 1. The van der Waals surface area contributed by atoms with Gasteiger partial charge >= 0.3 is 0 Å². The minimum absolute atomic E-state index is 0.0412. The first kappa shape index (κ1) is 17.9. The number of carbonyl (C=O) groups is 1. The second kappa shape index (κ2) is 6.90. The van der Waals surface area contributed by atoms with Crippen LogP contribution in [0.5, 0.6) is 0 Å². The van der Waals surface area contributed by atoms with Crippen molar-refractivity contribution >= 4 is 56.0 Å². The number of halogens is 2. The maximum absolute atomic E-state index is 13.4. The van der Waals surface area contributed by atoms with Crippen LogP contribution in [0.1, 0.15) is 16.9 Å². The van der Waals surface area contributed by atoms with Crippen molar-refractivity contribution in [2.24, 2.45) is 0 Å². The van der Waals surface area contributed by atoms with Crippen LogP contribution in [0.4, 0.5) is 15.9 Å². The van der Waals surface area contributed by atoms with Crippen LogP contribution in [0.3, 0.4) is 0 Å². The van der Waals surface area contributed by atoms with E-state index in [1.165, 1.54) is 29.8 Å². The quantitative estimate of drug-likeness (QED) is 0.646. The lowest BCUT2D eigenvalue weighted by atomic mass is 9.92. The molecule has 3 aromatic rings. The van der Waals surface area contributed by atoms with Crippen LogP contribution in [-0.4, -0.2) is 34.7 Å². The number of rotatable bonds is 3. The molecule has 2 aromatic heterocycles. The van der Waals surface area contributed by atoms with E-state index in [1.54, 1.807) is 6.07 Å².